The van der Waals surface area contributed by atoms with E-state index in [1.807, 2.05) is 0 Å². The summed E-state index contributed by atoms with van der Waals surface area (Å²) in [4.78, 5) is 25.6. The second kappa shape index (κ2) is 9.87. The molecule has 0 aromatic rings. The number of carboxylic acid groups (broad SMARTS) is 1. The molecule has 0 aliphatic heterocycles. The van der Waals surface area contributed by atoms with Crippen molar-refractivity contribution in [2.24, 2.45) is 50.2 Å². The van der Waals surface area contributed by atoms with Gasteiger partial charge in [0.2, 0.25) is 0 Å². The molecule has 226 valence electrons. The first-order valence-corrected chi connectivity index (χ1v) is 16.7. The number of esters is 1. The molecule has 0 spiro atoms. The summed E-state index contributed by atoms with van der Waals surface area (Å²) in [5.74, 6) is 0.697. The molecule has 40 heavy (non-hydrogen) atoms. The van der Waals surface area contributed by atoms with Crippen LogP contribution in [0, 0.1) is 50.2 Å². The molecule has 8 atom stereocenters. The number of unbranched alkanes of at least 4 members (excludes halogenated alkanes) is 2. The minimum atomic E-state index is -0.577. The fourth-order valence-electron chi connectivity index (χ4n) is 11.6. The number of allylic oxidation sites excluding steroid dienone is 2. The number of hydrogen-bond acceptors (Lipinski definition) is 3. The molecule has 0 heterocycles. The van der Waals surface area contributed by atoms with Gasteiger partial charge in [0.05, 0.1) is 5.41 Å². The van der Waals surface area contributed by atoms with Gasteiger partial charge in [0, 0.05) is 11.8 Å². The van der Waals surface area contributed by atoms with Crippen LogP contribution in [0.2, 0.25) is 0 Å². The zero-order chi connectivity index (χ0) is 29.4. The Morgan fingerprint density at radius 2 is 1.60 bits per heavy atom. The Hall–Kier alpha value is -1.32. The molecule has 5 aliphatic rings. The zero-order valence-corrected chi connectivity index (χ0v) is 27.0. The first-order valence-electron chi connectivity index (χ1n) is 16.7. The van der Waals surface area contributed by atoms with Crippen molar-refractivity contribution in [3.05, 3.63) is 11.6 Å². The van der Waals surface area contributed by atoms with Gasteiger partial charge in [-0.2, -0.15) is 0 Å². The number of fused-ring (bicyclic) bond motifs is 7. The van der Waals surface area contributed by atoms with E-state index in [0.29, 0.717) is 18.3 Å². The molecule has 1 N–H and O–H groups in total. The lowest BCUT2D eigenvalue weighted by Crippen LogP contribution is -2.65. The summed E-state index contributed by atoms with van der Waals surface area (Å²) in [5, 5.41) is 10.6. The summed E-state index contributed by atoms with van der Waals surface area (Å²) in [5.41, 5.74) is 1.48. The Morgan fingerprint density at radius 1 is 0.900 bits per heavy atom. The molecule has 0 aromatic carbocycles. The molecule has 4 heteroatoms. The predicted molar refractivity (Wildman–Crippen MR) is 161 cm³/mol. The quantitative estimate of drug-likeness (QED) is 0.202. The normalized spacial score (nSPS) is 45.1. The van der Waals surface area contributed by atoms with Crippen LogP contribution in [0.1, 0.15) is 145 Å². The standard InChI is InChI=1S/C36H58O4/c1-9-10-11-12-29(37)40-28-16-17-33(6)26(32(28,4)5)15-18-35(8)27(33)14-13-24-25-23-31(2,3)19-21-36(25,30(38)39)22-20-34(24,35)7/h13,25-28H,9-12,14-23H2,1-8H3,(H,38,39)/t25-,26-,27+,28-,33-,34+,35+,36-/m0/s1. The van der Waals surface area contributed by atoms with Crippen LogP contribution in [0.25, 0.3) is 0 Å². The highest BCUT2D eigenvalue weighted by Gasteiger charge is 2.69. The number of rotatable bonds is 6. The van der Waals surface area contributed by atoms with Gasteiger partial charge in [0.1, 0.15) is 6.10 Å². The van der Waals surface area contributed by atoms with Crippen molar-refractivity contribution in [1.82, 2.24) is 0 Å². The summed E-state index contributed by atoms with van der Waals surface area (Å²) in [6.07, 6.45) is 16.4. The van der Waals surface area contributed by atoms with Crippen LogP contribution in [0.5, 0.6) is 0 Å². The van der Waals surface area contributed by atoms with Gasteiger partial charge in [-0.05, 0) is 110 Å². The molecule has 0 saturated heterocycles. The Morgan fingerprint density at radius 3 is 2.27 bits per heavy atom. The van der Waals surface area contributed by atoms with Crippen LogP contribution in [0.4, 0.5) is 0 Å². The van der Waals surface area contributed by atoms with Crippen LogP contribution in [-0.2, 0) is 14.3 Å². The lowest BCUT2D eigenvalue weighted by Gasteiger charge is -2.71. The topological polar surface area (TPSA) is 63.6 Å². The third kappa shape index (κ3) is 4.26. The maximum atomic E-state index is 12.9. The highest BCUT2D eigenvalue weighted by Crippen LogP contribution is 2.75. The summed E-state index contributed by atoms with van der Waals surface area (Å²) < 4.78 is 6.22. The molecule has 5 rings (SSSR count). The second-order valence-electron chi connectivity index (χ2n) is 17.0. The van der Waals surface area contributed by atoms with Crippen LogP contribution >= 0.6 is 0 Å². The summed E-state index contributed by atoms with van der Waals surface area (Å²) in [6.45, 7) is 19.3. The molecule has 5 aliphatic carbocycles. The van der Waals surface area contributed by atoms with E-state index in [1.54, 1.807) is 0 Å². The molecule has 0 bridgehead atoms. The van der Waals surface area contributed by atoms with Gasteiger partial charge in [0.15, 0.2) is 0 Å². The Kier molecular flexibility index (Phi) is 7.44. The third-order valence-corrected chi connectivity index (χ3v) is 14.3. The smallest absolute Gasteiger partial charge is 0.310 e. The van der Waals surface area contributed by atoms with Gasteiger partial charge in [0.25, 0.3) is 0 Å². The fourth-order valence-corrected chi connectivity index (χ4v) is 11.6. The minimum Gasteiger partial charge on any atom is -0.481 e. The second-order valence-corrected chi connectivity index (χ2v) is 17.0. The van der Waals surface area contributed by atoms with Gasteiger partial charge in [-0.15, -0.1) is 0 Å². The van der Waals surface area contributed by atoms with E-state index in [0.717, 1.165) is 70.6 Å². The van der Waals surface area contributed by atoms with E-state index in [2.05, 4.69) is 61.5 Å². The largest absolute Gasteiger partial charge is 0.481 e. The van der Waals surface area contributed by atoms with Gasteiger partial charge >= 0.3 is 11.9 Å². The Labute approximate surface area is 244 Å². The molecule has 0 unspecified atom stereocenters. The van der Waals surface area contributed by atoms with Crippen molar-refractivity contribution < 1.29 is 19.4 Å². The monoisotopic (exact) mass is 554 g/mol. The van der Waals surface area contributed by atoms with Crippen LogP contribution in [-0.4, -0.2) is 23.1 Å². The Balaban J connectivity index is 1.45. The van der Waals surface area contributed by atoms with E-state index in [-0.39, 0.29) is 45.1 Å². The maximum absolute atomic E-state index is 12.9. The lowest BCUT2D eigenvalue weighted by molar-refractivity contribution is -0.214. The van der Waals surface area contributed by atoms with E-state index >= 15 is 0 Å². The zero-order valence-electron chi connectivity index (χ0n) is 27.0. The number of aliphatic carboxylic acids is 1. The van der Waals surface area contributed by atoms with Crippen molar-refractivity contribution in [3.8, 4) is 0 Å². The third-order valence-electron chi connectivity index (χ3n) is 14.3. The SMILES string of the molecule is CCCCCC(=O)O[C@H]1CC[C@]2(C)[C@H]3CC=C4[C@@H]5CC(C)(C)CC[C@]5(C(=O)O)CC[C@@]4(C)[C@]3(C)CC[C@H]2C1(C)C. The average Bonchev–Trinajstić information content (AvgIpc) is 2.86. The Bertz CT molecular complexity index is 1060. The van der Waals surface area contributed by atoms with E-state index in [1.165, 1.54) is 18.4 Å². The number of carbonyl (C=O) groups excluding carboxylic acids is 1. The number of hydrogen-bond donors (Lipinski definition) is 1. The van der Waals surface area contributed by atoms with Gasteiger partial charge in [-0.3, -0.25) is 9.59 Å². The predicted octanol–water partition coefficient (Wildman–Crippen LogP) is 9.36. The van der Waals surface area contributed by atoms with Crippen LogP contribution in [0.3, 0.4) is 0 Å². The molecular formula is C36H58O4. The first kappa shape index (κ1) is 30.1. The van der Waals surface area contributed by atoms with E-state index in [9.17, 15) is 14.7 Å². The van der Waals surface area contributed by atoms with Gasteiger partial charge in [-0.1, -0.05) is 79.9 Å². The highest BCUT2D eigenvalue weighted by molar-refractivity contribution is 5.76. The summed E-state index contributed by atoms with van der Waals surface area (Å²) in [6, 6.07) is 0. The highest BCUT2D eigenvalue weighted by atomic mass is 16.5. The van der Waals surface area contributed by atoms with Crippen molar-refractivity contribution in [2.75, 3.05) is 0 Å². The minimum absolute atomic E-state index is 0.00433. The number of carboxylic acids is 1. The number of carbonyl (C=O) groups is 2. The van der Waals surface area contributed by atoms with Crippen molar-refractivity contribution >= 4 is 11.9 Å². The average molecular weight is 555 g/mol. The molecule has 4 nitrogen and oxygen atoms in total. The molecule has 4 fully saturated rings. The summed E-state index contributed by atoms with van der Waals surface area (Å²) in [7, 11) is 0. The van der Waals surface area contributed by atoms with Gasteiger partial charge < -0.3 is 9.84 Å². The lowest BCUT2D eigenvalue weighted by atomic mass is 9.33. The van der Waals surface area contributed by atoms with Crippen LogP contribution < -0.4 is 0 Å². The van der Waals surface area contributed by atoms with E-state index < -0.39 is 11.4 Å². The molecule has 0 aromatic heterocycles. The fraction of sp³-hybridized carbons (Fsp3) is 0.889. The molecular weight excluding hydrogens is 496 g/mol. The van der Waals surface area contributed by atoms with Crippen LogP contribution in [0.15, 0.2) is 11.6 Å². The van der Waals surface area contributed by atoms with E-state index in [4.69, 9.17) is 4.74 Å². The summed E-state index contributed by atoms with van der Waals surface area (Å²) >= 11 is 0. The van der Waals surface area contributed by atoms with Crippen molar-refractivity contribution in [3.63, 3.8) is 0 Å². The maximum Gasteiger partial charge on any atom is 0.310 e. The molecule has 0 radical (unpaired) electrons. The molecule has 4 saturated carbocycles. The van der Waals surface area contributed by atoms with Gasteiger partial charge in [-0.25, -0.2) is 0 Å². The molecule has 0 amide bonds. The number of ether oxygens (including phenoxy) is 1. The first-order chi connectivity index (χ1) is 18.6. The van der Waals surface area contributed by atoms with Crippen molar-refractivity contribution in [1.29, 1.82) is 0 Å². The van der Waals surface area contributed by atoms with Crippen molar-refractivity contribution in [2.45, 2.75) is 151 Å².